The first-order valence-corrected chi connectivity index (χ1v) is 7.88. The van der Waals surface area contributed by atoms with E-state index in [9.17, 15) is 26.3 Å². The van der Waals surface area contributed by atoms with Gasteiger partial charge in [0.25, 0.3) is 0 Å². The largest absolute Gasteiger partial charge is 0.497 e. The maximum atomic E-state index is 13.1. The molecule has 0 aromatic heterocycles. The zero-order valence-corrected chi connectivity index (χ0v) is 13.7. The molecule has 1 heterocycles. The smallest absolute Gasteiger partial charge is 0.416 e. The molecule has 0 bridgehead atoms. The maximum Gasteiger partial charge on any atom is 0.416 e. The van der Waals surface area contributed by atoms with Crippen molar-refractivity contribution in [3.8, 4) is 5.75 Å². The van der Waals surface area contributed by atoms with Crippen LogP contribution in [-0.4, -0.2) is 44.4 Å². The molecule has 0 aliphatic carbocycles. The van der Waals surface area contributed by atoms with E-state index in [0.717, 1.165) is 12.1 Å². The number of nitrogens with one attached hydrogen (secondary N) is 1. The number of rotatable bonds is 5. The van der Waals surface area contributed by atoms with E-state index in [2.05, 4.69) is 5.32 Å². The predicted octanol–water partition coefficient (Wildman–Crippen LogP) is 4.00. The summed E-state index contributed by atoms with van der Waals surface area (Å²) in [4.78, 5) is 1.79. The minimum Gasteiger partial charge on any atom is -0.497 e. The van der Waals surface area contributed by atoms with Gasteiger partial charge in [-0.1, -0.05) is 0 Å². The van der Waals surface area contributed by atoms with Gasteiger partial charge in [-0.05, 0) is 30.2 Å². The Morgan fingerprint density at radius 1 is 1.08 bits per heavy atom. The van der Waals surface area contributed by atoms with Crippen LogP contribution in [-0.2, 0) is 6.18 Å². The Balaban J connectivity index is 2.37. The average Bonchev–Trinajstić information content (AvgIpc) is 2.54. The molecule has 1 atom stereocenters. The van der Waals surface area contributed by atoms with E-state index in [-0.39, 0.29) is 17.7 Å². The molecule has 1 aliphatic rings. The van der Waals surface area contributed by atoms with Crippen molar-refractivity contribution in [2.45, 2.75) is 31.2 Å². The topological polar surface area (TPSA) is 24.5 Å². The Hall–Kier alpha value is -1.48. The Morgan fingerprint density at radius 2 is 1.72 bits per heavy atom. The lowest BCUT2D eigenvalue weighted by Gasteiger charge is -2.36. The molecule has 1 saturated heterocycles. The number of halogens is 6. The van der Waals surface area contributed by atoms with Crippen molar-refractivity contribution in [3.63, 3.8) is 0 Å². The van der Waals surface area contributed by atoms with Gasteiger partial charge in [-0.25, -0.2) is 0 Å². The summed E-state index contributed by atoms with van der Waals surface area (Å²) in [6.07, 6.45) is -10.3. The number of nitrogens with zero attached hydrogens (tertiary/aromatic N) is 1. The highest BCUT2D eigenvalue weighted by atomic mass is 19.4. The summed E-state index contributed by atoms with van der Waals surface area (Å²) in [5, 5.41) is 3.08. The number of piperazine rings is 1. The van der Waals surface area contributed by atoms with E-state index in [1.165, 1.54) is 13.2 Å². The molecule has 1 N–H and O–H groups in total. The van der Waals surface area contributed by atoms with Crippen molar-refractivity contribution in [3.05, 3.63) is 29.3 Å². The minimum absolute atomic E-state index is 0.0167. The van der Waals surface area contributed by atoms with E-state index in [0.29, 0.717) is 26.2 Å². The third-order valence-corrected chi connectivity index (χ3v) is 4.17. The van der Waals surface area contributed by atoms with Crippen LogP contribution < -0.4 is 10.1 Å². The van der Waals surface area contributed by atoms with Crippen molar-refractivity contribution < 1.29 is 31.1 Å². The lowest BCUT2D eigenvalue weighted by molar-refractivity contribution is -0.140. The number of hydrogen-bond acceptors (Lipinski definition) is 3. The predicted molar refractivity (Wildman–Crippen MR) is 80.5 cm³/mol. The third kappa shape index (κ3) is 5.78. The quantitative estimate of drug-likeness (QED) is 0.793. The van der Waals surface area contributed by atoms with Gasteiger partial charge in [0.1, 0.15) is 5.75 Å². The van der Waals surface area contributed by atoms with Crippen LogP contribution in [0, 0.1) is 0 Å². The first-order valence-electron chi connectivity index (χ1n) is 7.88. The second-order valence-corrected chi connectivity index (χ2v) is 5.95. The second-order valence-electron chi connectivity index (χ2n) is 5.95. The van der Waals surface area contributed by atoms with Crippen LogP contribution in [0.15, 0.2) is 18.2 Å². The van der Waals surface area contributed by atoms with Gasteiger partial charge in [0.05, 0.1) is 12.7 Å². The van der Waals surface area contributed by atoms with Gasteiger partial charge in [-0.2, -0.15) is 26.3 Å². The van der Waals surface area contributed by atoms with Crippen LogP contribution in [0.4, 0.5) is 26.3 Å². The number of hydrogen-bond donors (Lipinski definition) is 1. The monoisotopic (exact) mass is 370 g/mol. The Morgan fingerprint density at radius 3 is 2.24 bits per heavy atom. The van der Waals surface area contributed by atoms with Crippen LogP contribution in [0.1, 0.15) is 30.0 Å². The molecule has 0 amide bonds. The highest BCUT2D eigenvalue weighted by Crippen LogP contribution is 2.38. The standard InChI is InChI=1S/C16H20F6N2O/c1-25-13-9-11(8-12(10-13)16(20,21)22)14(2-3-15(17,18)19)24-6-4-23-5-7-24/h8-10,14,23H,2-7H2,1H3/t14-/m0/s1. The number of alkyl halides is 6. The van der Waals surface area contributed by atoms with Gasteiger partial charge in [-0.15, -0.1) is 0 Å². The van der Waals surface area contributed by atoms with Crippen molar-refractivity contribution in [1.82, 2.24) is 10.2 Å². The zero-order chi connectivity index (χ0) is 18.7. The van der Waals surface area contributed by atoms with Crippen LogP contribution in [0.5, 0.6) is 5.75 Å². The summed E-state index contributed by atoms with van der Waals surface area (Å²) in [7, 11) is 1.23. The van der Waals surface area contributed by atoms with Crippen molar-refractivity contribution in [2.24, 2.45) is 0 Å². The van der Waals surface area contributed by atoms with Gasteiger partial charge < -0.3 is 10.1 Å². The first-order chi connectivity index (χ1) is 11.6. The van der Waals surface area contributed by atoms with E-state index in [1.807, 2.05) is 0 Å². The fourth-order valence-corrected chi connectivity index (χ4v) is 2.95. The number of ether oxygens (including phenoxy) is 1. The van der Waals surface area contributed by atoms with E-state index >= 15 is 0 Å². The Labute approximate surface area is 141 Å². The van der Waals surface area contributed by atoms with Crippen LogP contribution >= 0.6 is 0 Å². The minimum atomic E-state index is -4.60. The molecule has 1 aromatic rings. The number of benzene rings is 1. The highest BCUT2D eigenvalue weighted by Gasteiger charge is 2.35. The molecule has 2 rings (SSSR count). The normalized spacial score (nSPS) is 18.2. The Bertz CT molecular complexity index is 567. The third-order valence-electron chi connectivity index (χ3n) is 4.17. The molecular formula is C16H20F6N2O. The summed E-state index contributed by atoms with van der Waals surface area (Å²) in [6, 6.07) is 2.41. The van der Waals surface area contributed by atoms with Gasteiger partial charge in [0, 0.05) is 38.6 Å². The van der Waals surface area contributed by atoms with Crippen LogP contribution in [0.25, 0.3) is 0 Å². The molecular weight excluding hydrogens is 350 g/mol. The molecule has 0 saturated carbocycles. The van der Waals surface area contributed by atoms with E-state index in [4.69, 9.17) is 4.74 Å². The van der Waals surface area contributed by atoms with Gasteiger partial charge in [0.15, 0.2) is 0 Å². The van der Waals surface area contributed by atoms with Gasteiger partial charge >= 0.3 is 12.4 Å². The van der Waals surface area contributed by atoms with Crippen LogP contribution in [0.2, 0.25) is 0 Å². The molecule has 9 heteroatoms. The lowest BCUT2D eigenvalue weighted by Crippen LogP contribution is -2.45. The van der Waals surface area contributed by atoms with Crippen LogP contribution in [0.3, 0.4) is 0 Å². The number of methoxy groups -OCH3 is 1. The second kappa shape index (κ2) is 7.82. The van der Waals surface area contributed by atoms with Crippen molar-refractivity contribution in [2.75, 3.05) is 33.3 Å². The molecule has 0 radical (unpaired) electrons. The highest BCUT2D eigenvalue weighted by molar-refractivity contribution is 5.37. The Kier molecular flexibility index (Phi) is 6.21. The molecule has 1 aromatic carbocycles. The summed E-state index contributed by atoms with van der Waals surface area (Å²) in [5.74, 6) is -0.0167. The zero-order valence-electron chi connectivity index (χ0n) is 13.7. The fraction of sp³-hybridized carbons (Fsp3) is 0.625. The summed E-state index contributed by atoms with van der Waals surface area (Å²) in [5.41, 5.74) is -0.730. The van der Waals surface area contributed by atoms with Gasteiger partial charge in [0.2, 0.25) is 0 Å². The molecule has 0 spiro atoms. The van der Waals surface area contributed by atoms with Crippen molar-refractivity contribution >= 4 is 0 Å². The maximum absolute atomic E-state index is 13.1. The molecule has 0 unspecified atom stereocenters. The summed E-state index contributed by atoms with van der Waals surface area (Å²) >= 11 is 0. The SMILES string of the molecule is COc1cc([C@H](CCC(F)(F)F)N2CCNCC2)cc(C(F)(F)F)c1. The van der Waals surface area contributed by atoms with E-state index < -0.39 is 30.4 Å². The summed E-state index contributed by atoms with van der Waals surface area (Å²) in [6.45, 7) is 2.11. The first kappa shape index (κ1) is 19.8. The summed E-state index contributed by atoms with van der Waals surface area (Å²) < 4.78 is 82.3. The lowest BCUT2D eigenvalue weighted by atomic mass is 9.97. The van der Waals surface area contributed by atoms with E-state index in [1.54, 1.807) is 4.90 Å². The molecule has 142 valence electrons. The molecule has 25 heavy (non-hydrogen) atoms. The fourth-order valence-electron chi connectivity index (χ4n) is 2.95. The molecule has 1 aliphatic heterocycles. The van der Waals surface area contributed by atoms with Crippen molar-refractivity contribution in [1.29, 1.82) is 0 Å². The van der Waals surface area contributed by atoms with Gasteiger partial charge in [-0.3, -0.25) is 4.90 Å². The average molecular weight is 370 g/mol. The molecule has 3 nitrogen and oxygen atoms in total. The molecule has 1 fully saturated rings.